The molecule has 0 unspecified atom stereocenters. The van der Waals surface area contributed by atoms with Gasteiger partial charge in [-0.2, -0.15) is 13.2 Å². The predicted octanol–water partition coefficient (Wildman–Crippen LogP) is 4.62. The third-order valence-electron chi connectivity index (χ3n) is 3.66. The van der Waals surface area contributed by atoms with E-state index in [1.165, 1.54) is 30.3 Å². The Morgan fingerprint density at radius 3 is 2.17 bits per heavy atom. The molecular weight excluding hydrogens is 308 g/mol. The molecule has 2 rings (SSSR count). The summed E-state index contributed by atoms with van der Waals surface area (Å²) in [6, 6.07) is 8.67. The second kappa shape index (κ2) is 6.66. The number of nitrogens with two attached hydrogens (primary N) is 1. The van der Waals surface area contributed by atoms with E-state index >= 15 is 0 Å². The molecule has 124 valence electrons. The zero-order chi connectivity index (χ0) is 17.2. The summed E-state index contributed by atoms with van der Waals surface area (Å²) in [4.78, 5) is 4.13. The molecule has 6 heteroatoms. The fourth-order valence-electron chi connectivity index (χ4n) is 2.28. The average molecular weight is 326 g/mol. The first kappa shape index (κ1) is 17.4. The Morgan fingerprint density at radius 2 is 1.70 bits per heavy atom. The second-order valence-corrected chi connectivity index (χ2v) is 5.70. The number of nitrogens with zero attached hydrogens (tertiary/aromatic N) is 1. The molecule has 0 aliphatic heterocycles. The van der Waals surface area contributed by atoms with Crippen molar-refractivity contribution in [3.8, 4) is 11.3 Å². The van der Waals surface area contributed by atoms with Crippen LogP contribution < -0.4 is 5.73 Å². The van der Waals surface area contributed by atoms with Gasteiger partial charge in [-0.15, -0.1) is 0 Å². The minimum Gasteiger partial charge on any atom is -0.329 e. The summed E-state index contributed by atoms with van der Waals surface area (Å²) >= 11 is 0. The van der Waals surface area contributed by atoms with Crippen LogP contribution in [-0.2, 0) is 0 Å². The lowest BCUT2D eigenvalue weighted by atomic mass is 9.95. The smallest absolute Gasteiger partial charge is 0.329 e. The molecular formula is C17H18F4N2. The summed E-state index contributed by atoms with van der Waals surface area (Å²) in [5, 5.41) is 0. The molecule has 0 radical (unpaired) electrons. The van der Waals surface area contributed by atoms with Crippen molar-refractivity contribution in [3.63, 3.8) is 0 Å². The number of alkyl halides is 3. The van der Waals surface area contributed by atoms with Gasteiger partial charge in [-0.25, -0.2) is 4.39 Å². The van der Waals surface area contributed by atoms with Crippen molar-refractivity contribution in [3.05, 3.63) is 53.5 Å². The van der Waals surface area contributed by atoms with Crippen molar-refractivity contribution >= 4 is 0 Å². The molecule has 0 saturated heterocycles. The van der Waals surface area contributed by atoms with E-state index in [1.54, 1.807) is 6.07 Å². The molecule has 2 aromatic rings. The van der Waals surface area contributed by atoms with Gasteiger partial charge >= 0.3 is 6.18 Å². The standard InChI is InChI=1S/C17H18F4N2/c1-10(2)12-7-15(11-3-5-13(18)6-4-11)23-16(8-12)14(9-22)17(19,20)21/h3-8,10,14H,9,22H2,1-2H3/t14-/m0/s1. The van der Waals surface area contributed by atoms with Gasteiger partial charge in [-0.1, -0.05) is 13.8 Å². The number of aromatic nitrogens is 1. The van der Waals surface area contributed by atoms with Crippen molar-refractivity contribution in [1.29, 1.82) is 0 Å². The average Bonchev–Trinajstić information content (AvgIpc) is 2.47. The lowest BCUT2D eigenvalue weighted by Gasteiger charge is -2.20. The Morgan fingerprint density at radius 1 is 1.09 bits per heavy atom. The van der Waals surface area contributed by atoms with E-state index in [0.29, 0.717) is 11.3 Å². The SMILES string of the molecule is CC(C)c1cc(-c2ccc(F)cc2)nc([C@H](CN)C(F)(F)F)c1. The number of benzene rings is 1. The van der Waals surface area contributed by atoms with Crippen LogP contribution in [0.2, 0.25) is 0 Å². The fraction of sp³-hybridized carbons (Fsp3) is 0.353. The number of hydrogen-bond donors (Lipinski definition) is 1. The van der Waals surface area contributed by atoms with Crippen LogP contribution in [0, 0.1) is 5.82 Å². The van der Waals surface area contributed by atoms with Crippen LogP contribution in [0.5, 0.6) is 0 Å². The maximum absolute atomic E-state index is 13.2. The molecule has 0 amide bonds. The first-order valence-corrected chi connectivity index (χ1v) is 7.27. The van der Waals surface area contributed by atoms with E-state index in [1.807, 2.05) is 13.8 Å². The summed E-state index contributed by atoms with van der Waals surface area (Å²) in [6.07, 6.45) is -4.46. The predicted molar refractivity (Wildman–Crippen MR) is 81.6 cm³/mol. The molecule has 1 aromatic carbocycles. The van der Waals surface area contributed by atoms with Crippen molar-refractivity contribution in [2.45, 2.75) is 31.9 Å². The van der Waals surface area contributed by atoms with Crippen molar-refractivity contribution in [2.24, 2.45) is 5.73 Å². The van der Waals surface area contributed by atoms with Gasteiger partial charge in [0.1, 0.15) is 11.7 Å². The van der Waals surface area contributed by atoms with Crippen LogP contribution in [-0.4, -0.2) is 17.7 Å². The molecule has 23 heavy (non-hydrogen) atoms. The fourth-order valence-corrected chi connectivity index (χ4v) is 2.28. The van der Waals surface area contributed by atoms with E-state index in [9.17, 15) is 17.6 Å². The number of hydrogen-bond acceptors (Lipinski definition) is 2. The minimum atomic E-state index is -4.46. The van der Waals surface area contributed by atoms with Gasteiger partial charge in [0.05, 0.1) is 11.4 Å². The van der Waals surface area contributed by atoms with Crippen LogP contribution >= 0.6 is 0 Å². The highest BCUT2D eigenvalue weighted by Gasteiger charge is 2.41. The number of pyridine rings is 1. The molecule has 0 fully saturated rings. The van der Waals surface area contributed by atoms with Crippen molar-refractivity contribution < 1.29 is 17.6 Å². The molecule has 2 N–H and O–H groups in total. The largest absolute Gasteiger partial charge is 0.398 e. The molecule has 2 nitrogen and oxygen atoms in total. The lowest BCUT2D eigenvalue weighted by Crippen LogP contribution is -2.29. The highest BCUT2D eigenvalue weighted by atomic mass is 19.4. The Balaban J connectivity index is 2.57. The van der Waals surface area contributed by atoms with Crippen molar-refractivity contribution in [2.75, 3.05) is 6.54 Å². The Hall–Kier alpha value is -1.95. The molecule has 0 saturated carbocycles. The normalized spacial score (nSPS) is 13.4. The van der Waals surface area contributed by atoms with Gasteiger partial charge in [0, 0.05) is 12.1 Å². The van der Waals surface area contributed by atoms with Crippen LogP contribution in [0.15, 0.2) is 36.4 Å². The summed E-state index contributed by atoms with van der Waals surface area (Å²) in [6.45, 7) is 3.21. The topological polar surface area (TPSA) is 38.9 Å². The zero-order valence-corrected chi connectivity index (χ0v) is 12.9. The molecule has 0 aliphatic carbocycles. The second-order valence-electron chi connectivity index (χ2n) is 5.70. The molecule has 1 heterocycles. The van der Waals surface area contributed by atoms with Gasteiger partial charge in [0.25, 0.3) is 0 Å². The van der Waals surface area contributed by atoms with Gasteiger partial charge in [-0.3, -0.25) is 4.98 Å². The molecule has 1 atom stereocenters. The van der Waals surface area contributed by atoms with Gasteiger partial charge < -0.3 is 5.73 Å². The van der Waals surface area contributed by atoms with E-state index in [-0.39, 0.29) is 11.6 Å². The first-order chi connectivity index (χ1) is 10.7. The molecule has 1 aromatic heterocycles. The third kappa shape index (κ3) is 4.07. The monoisotopic (exact) mass is 326 g/mol. The van der Waals surface area contributed by atoms with Gasteiger partial charge in [0.15, 0.2) is 0 Å². The summed E-state index contributed by atoms with van der Waals surface area (Å²) in [7, 11) is 0. The van der Waals surface area contributed by atoms with Crippen LogP contribution in [0.4, 0.5) is 17.6 Å². The molecule has 0 aliphatic rings. The Bertz CT molecular complexity index is 663. The van der Waals surface area contributed by atoms with Gasteiger partial charge in [0.2, 0.25) is 0 Å². The minimum absolute atomic E-state index is 0.0302. The molecule has 0 bridgehead atoms. The molecule has 0 spiro atoms. The van der Waals surface area contributed by atoms with Gasteiger partial charge in [-0.05, 0) is 47.9 Å². The van der Waals surface area contributed by atoms with E-state index in [2.05, 4.69) is 4.98 Å². The van der Waals surface area contributed by atoms with Crippen LogP contribution in [0.1, 0.15) is 36.9 Å². The summed E-state index contributed by atoms with van der Waals surface area (Å²) in [5.41, 5.74) is 6.89. The van der Waals surface area contributed by atoms with Crippen LogP contribution in [0.3, 0.4) is 0 Å². The Kier molecular flexibility index (Phi) is 5.04. The highest BCUT2D eigenvalue weighted by molar-refractivity contribution is 5.60. The quantitative estimate of drug-likeness (QED) is 0.833. The van der Waals surface area contributed by atoms with E-state index in [4.69, 9.17) is 5.73 Å². The maximum Gasteiger partial charge on any atom is 0.398 e. The summed E-state index contributed by atoms with van der Waals surface area (Å²) in [5.74, 6) is -2.20. The zero-order valence-electron chi connectivity index (χ0n) is 12.9. The highest BCUT2D eigenvalue weighted by Crippen LogP contribution is 2.35. The summed E-state index contributed by atoms with van der Waals surface area (Å²) < 4.78 is 52.5. The Labute approximate surface area is 132 Å². The van der Waals surface area contributed by atoms with E-state index in [0.717, 1.165) is 5.56 Å². The first-order valence-electron chi connectivity index (χ1n) is 7.27. The lowest BCUT2D eigenvalue weighted by molar-refractivity contribution is -0.148. The van der Waals surface area contributed by atoms with Crippen LogP contribution in [0.25, 0.3) is 11.3 Å². The number of rotatable bonds is 4. The number of halogens is 4. The van der Waals surface area contributed by atoms with E-state index < -0.39 is 24.5 Å². The third-order valence-corrected chi connectivity index (χ3v) is 3.66. The maximum atomic E-state index is 13.2. The van der Waals surface area contributed by atoms with Crippen molar-refractivity contribution in [1.82, 2.24) is 4.98 Å².